The Balaban J connectivity index is 2.05. The first-order valence-electron chi connectivity index (χ1n) is 13.1. The molecule has 3 aromatic carbocycles. The van der Waals surface area contributed by atoms with Crippen LogP contribution in [0.3, 0.4) is 0 Å². The van der Waals surface area contributed by atoms with E-state index >= 15 is 0 Å². The van der Waals surface area contributed by atoms with Crippen molar-refractivity contribution in [1.82, 2.24) is 10.2 Å². The monoisotopic (exact) mass is 569 g/mol. The van der Waals surface area contributed by atoms with Gasteiger partial charge < -0.3 is 10.2 Å². The Bertz CT molecular complexity index is 1360. The fraction of sp³-hybridized carbons (Fsp3) is 0.333. The Morgan fingerprint density at radius 2 is 1.51 bits per heavy atom. The molecule has 2 amide bonds. The highest BCUT2D eigenvalue weighted by Gasteiger charge is 2.34. The molecule has 2 atom stereocenters. The van der Waals surface area contributed by atoms with Crippen molar-refractivity contribution in [3.8, 4) is 0 Å². The lowest BCUT2D eigenvalue weighted by molar-refractivity contribution is -0.140. The van der Waals surface area contributed by atoms with Gasteiger partial charge in [0, 0.05) is 12.6 Å². The summed E-state index contributed by atoms with van der Waals surface area (Å²) in [5.74, 6) is -0.789. The molecule has 208 valence electrons. The zero-order chi connectivity index (χ0) is 28.6. The van der Waals surface area contributed by atoms with E-state index < -0.39 is 28.5 Å². The van der Waals surface area contributed by atoms with E-state index in [1.54, 1.807) is 36.4 Å². The smallest absolute Gasteiger partial charge is 0.264 e. The van der Waals surface area contributed by atoms with Crippen LogP contribution >= 0.6 is 11.6 Å². The SMILES string of the molecule is CC[C@@H](C)NC(=O)[C@H](CC)N(Cc1ccccc1)C(=O)CN(c1ccccc1Cl)S(=O)(=O)c1ccc(C)cc1. The Labute approximate surface area is 236 Å². The number of benzene rings is 3. The van der Waals surface area contributed by atoms with Crippen molar-refractivity contribution >= 4 is 39.1 Å². The molecule has 0 aliphatic heterocycles. The Kier molecular flexibility index (Phi) is 10.5. The van der Waals surface area contributed by atoms with Crippen molar-refractivity contribution in [2.45, 2.75) is 64.1 Å². The highest BCUT2D eigenvalue weighted by molar-refractivity contribution is 7.92. The molecule has 0 aliphatic carbocycles. The van der Waals surface area contributed by atoms with Gasteiger partial charge in [0.05, 0.1) is 15.6 Å². The molecule has 7 nitrogen and oxygen atoms in total. The van der Waals surface area contributed by atoms with E-state index in [0.29, 0.717) is 6.42 Å². The van der Waals surface area contributed by atoms with Crippen LogP contribution in [0.15, 0.2) is 83.8 Å². The molecule has 39 heavy (non-hydrogen) atoms. The van der Waals surface area contributed by atoms with Crippen LogP contribution in [0.5, 0.6) is 0 Å². The lowest BCUT2D eigenvalue weighted by Crippen LogP contribution is -2.53. The first-order valence-corrected chi connectivity index (χ1v) is 14.9. The third kappa shape index (κ3) is 7.61. The minimum atomic E-state index is -4.17. The van der Waals surface area contributed by atoms with Gasteiger partial charge in [-0.3, -0.25) is 13.9 Å². The summed E-state index contributed by atoms with van der Waals surface area (Å²) >= 11 is 6.45. The molecule has 0 saturated heterocycles. The molecule has 1 N–H and O–H groups in total. The molecule has 0 radical (unpaired) electrons. The highest BCUT2D eigenvalue weighted by atomic mass is 35.5. The minimum Gasteiger partial charge on any atom is -0.352 e. The fourth-order valence-corrected chi connectivity index (χ4v) is 5.87. The third-order valence-electron chi connectivity index (χ3n) is 6.59. The van der Waals surface area contributed by atoms with E-state index in [1.165, 1.54) is 17.0 Å². The summed E-state index contributed by atoms with van der Waals surface area (Å²) in [6, 6.07) is 21.4. The van der Waals surface area contributed by atoms with Gasteiger partial charge >= 0.3 is 0 Å². The normalized spacial score (nSPS) is 12.8. The van der Waals surface area contributed by atoms with E-state index in [1.807, 2.05) is 58.0 Å². The Hall–Kier alpha value is -3.36. The number of anilines is 1. The van der Waals surface area contributed by atoms with Crippen LogP contribution in [0.25, 0.3) is 0 Å². The third-order valence-corrected chi connectivity index (χ3v) is 8.69. The molecule has 0 saturated carbocycles. The molecule has 0 aliphatic rings. The number of hydrogen-bond donors (Lipinski definition) is 1. The van der Waals surface area contributed by atoms with Crippen molar-refractivity contribution in [3.05, 3.63) is 95.0 Å². The van der Waals surface area contributed by atoms with Crippen LogP contribution < -0.4 is 9.62 Å². The van der Waals surface area contributed by atoms with Gasteiger partial charge in [0.25, 0.3) is 10.0 Å². The van der Waals surface area contributed by atoms with Gasteiger partial charge in [0.15, 0.2) is 0 Å². The quantitative estimate of drug-likeness (QED) is 0.309. The standard InChI is InChI=1S/C30H36ClN3O4S/c1-5-23(4)32-30(36)27(6-2)33(20-24-12-8-7-9-13-24)29(35)21-34(28-15-11-10-14-26(28)31)39(37,38)25-18-16-22(3)17-19-25/h7-19,23,27H,5-6,20-21H2,1-4H3,(H,32,36)/t23-,27+/m1/s1. The van der Waals surface area contributed by atoms with Gasteiger partial charge in [-0.25, -0.2) is 8.42 Å². The molecule has 3 rings (SSSR count). The van der Waals surface area contributed by atoms with Crippen molar-refractivity contribution < 1.29 is 18.0 Å². The second-order valence-corrected chi connectivity index (χ2v) is 11.8. The number of carbonyl (C=O) groups excluding carboxylic acids is 2. The lowest BCUT2D eigenvalue weighted by Gasteiger charge is -2.34. The fourth-order valence-electron chi connectivity index (χ4n) is 4.15. The molecule has 0 bridgehead atoms. The zero-order valence-electron chi connectivity index (χ0n) is 22.8. The number of aryl methyl sites for hydroxylation is 1. The molecule has 0 fully saturated rings. The van der Waals surface area contributed by atoms with E-state index in [0.717, 1.165) is 21.9 Å². The molecule has 3 aromatic rings. The first-order chi connectivity index (χ1) is 18.6. The summed E-state index contributed by atoms with van der Waals surface area (Å²) < 4.78 is 28.8. The number of amides is 2. The summed E-state index contributed by atoms with van der Waals surface area (Å²) in [6.07, 6.45) is 1.10. The summed E-state index contributed by atoms with van der Waals surface area (Å²) in [4.78, 5) is 28.8. The number of sulfonamides is 1. The highest BCUT2D eigenvalue weighted by Crippen LogP contribution is 2.31. The summed E-state index contributed by atoms with van der Waals surface area (Å²) in [5.41, 5.74) is 1.91. The maximum atomic E-state index is 14.0. The second kappa shape index (κ2) is 13.6. The summed E-state index contributed by atoms with van der Waals surface area (Å²) in [7, 11) is -4.17. The maximum absolute atomic E-state index is 14.0. The van der Waals surface area contributed by atoms with E-state index in [4.69, 9.17) is 11.6 Å². The van der Waals surface area contributed by atoms with Gasteiger partial charge in [-0.2, -0.15) is 0 Å². The molecule has 0 spiro atoms. The average Bonchev–Trinajstić information content (AvgIpc) is 2.92. The second-order valence-electron chi connectivity index (χ2n) is 9.53. The van der Waals surface area contributed by atoms with E-state index in [-0.39, 0.29) is 34.1 Å². The van der Waals surface area contributed by atoms with E-state index in [9.17, 15) is 18.0 Å². The Morgan fingerprint density at radius 3 is 2.10 bits per heavy atom. The molecule has 0 unspecified atom stereocenters. The largest absolute Gasteiger partial charge is 0.352 e. The molecular formula is C30H36ClN3O4S. The molecular weight excluding hydrogens is 534 g/mol. The predicted octanol–water partition coefficient (Wildman–Crippen LogP) is 5.57. The number of hydrogen-bond acceptors (Lipinski definition) is 4. The van der Waals surface area contributed by atoms with Crippen molar-refractivity contribution in [1.29, 1.82) is 0 Å². The van der Waals surface area contributed by atoms with Crippen molar-refractivity contribution in [3.63, 3.8) is 0 Å². The number of rotatable bonds is 12. The minimum absolute atomic E-state index is 0.0389. The molecule has 0 heterocycles. The Morgan fingerprint density at radius 1 is 0.897 bits per heavy atom. The van der Waals surface area contributed by atoms with Crippen LogP contribution in [0.1, 0.15) is 44.7 Å². The average molecular weight is 570 g/mol. The number of para-hydroxylation sites is 1. The van der Waals surface area contributed by atoms with Gasteiger partial charge in [-0.15, -0.1) is 0 Å². The number of carbonyl (C=O) groups is 2. The molecule has 9 heteroatoms. The first kappa shape index (κ1) is 30.2. The van der Waals surface area contributed by atoms with Crippen LogP contribution in [-0.4, -0.2) is 43.8 Å². The number of nitrogens with zero attached hydrogens (tertiary/aromatic N) is 2. The molecule has 0 aromatic heterocycles. The predicted molar refractivity (Wildman–Crippen MR) is 156 cm³/mol. The van der Waals surface area contributed by atoms with Gasteiger partial charge in [0.2, 0.25) is 11.8 Å². The van der Waals surface area contributed by atoms with Crippen molar-refractivity contribution in [2.24, 2.45) is 0 Å². The van der Waals surface area contributed by atoms with Gasteiger partial charge in [-0.05, 0) is 56.5 Å². The lowest BCUT2D eigenvalue weighted by atomic mass is 10.1. The number of nitrogens with one attached hydrogen (secondary N) is 1. The topological polar surface area (TPSA) is 86.8 Å². The number of halogens is 1. The van der Waals surface area contributed by atoms with Gasteiger partial charge in [-0.1, -0.05) is 85.6 Å². The van der Waals surface area contributed by atoms with Crippen molar-refractivity contribution in [2.75, 3.05) is 10.8 Å². The summed E-state index contributed by atoms with van der Waals surface area (Å²) in [5, 5.41) is 3.16. The van der Waals surface area contributed by atoms with Gasteiger partial charge in [0.1, 0.15) is 12.6 Å². The van der Waals surface area contributed by atoms with Crippen LogP contribution in [-0.2, 0) is 26.2 Å². The van der Waals surface area contributed by atoms with Crippen LogP contribution in [0.4, 0.5) is 5.69 Å². The zero-order valence-corrected chi connectivity index (χ0v) is 24.4. The van der Waals surface area contributed by atoms with E-state index in [2.05, 4.69) is 5.32 Å². The van der Waals surface area contributed by atoms with Crippen LogP contribution in [0, 0.1) is 6.92 Å². The maximum Gasteiger partial charge on any atom is 0.264 e. The summed E-state index contributed by atoms with van der Waals surface area (Å²) in [6.45, 7) is 7.19. The van der Waals surface area contributed by atoms with Crippen LogP contribution in [0.2, 0.25) is 5.02 Å².